The van der Waals surface area contributed by atoms with Crippen LogP contribution in [-0.4, -0.2) is 31.2 Å². The van der Waals surface area contributed by atoms with E-state index in [1.807, 2.05) is 12.1 Å². The molecule has 2 aromatic rings. The summed E-state index contributed by atoms with van der Waals surface area (Å²) in [6.07, 6.45) is -0.0682. The maximum atomic E-state index is 12.0. The van der Waals surface area contributed by atoms with Gasteiger partial charge in [-0.05, 0) is 42.5 Å². The number of alkyl halides is 3. The Bertz CT molecular complexity index is 810. The fraction of sp³-hybridized carbons (Fsp3) is 0.412. The number of ether oxygens (including phenoxy) is 1. The molecule has 0 atom stereocenters. The molecular weight excluding hydrogens is 339 g/mol. The average molecular weight is 355 g/mol. The number of carbonyl (C=O) groups is 2. The summed E-state index contributed by atoms with van der Waals surface area (Å²) in [6, 6.07) is 3.97. The summed E-state index contributed by atoms with van der Waals surface area (Å²) < 4.78 is 46.1. The lowest BCUT2D eigenvalue weighted by atomic mass is 10.0. The minimum atomic E-state index is -4.50. The van der Waals surface area contributed by atoms with Crippen LogP contribution >= 0.6 is 0 Å². The van der Waals surface area contributed by atoms with Crippen molar-refractivity contribution in [3.63, 3.8) is 0 Å². The number of benzene rings is 1. The zero-order valence-corrected chi connectivity index (χ0v) is 13.2. The highest BCUT2D eigenvalue weighted by atomic mass is 19.4. The first-order chi connectivity index (χ1) is 11.8. The van der Waals surface area contributed by atoms with Gasteiger partial charge < -0.3 is 14.5 Å². The highest BCUT2D eigenvalue weighted by Crippen LogP contribution is 2.30. The molecule has 134 valence electrons. The van der Waals surface area contributed by atoms with Gasteiger partial charge in [0, 0.05) is 10.9 Å². The summed E-state index contributed by atoms with van der Waals surface area (Å²) in [5, 5.41) is 2.45. The Hall–Kier alpha value is -2.51. The number of hydrogen-bond acceptors (Lipinski definition) is 4. The molecule has 1 aliphatic rings. The van der Waals surface area contributed by atoms with Gasteiger partial charge in [-0.25, -0.2) is 0 Å². The number of amides is 1. The third kappa shape index (κ3) is 4.32. The first-order valence-electron chi connectivity index (χ1n) is 7.83. The van der Waals surface area contributed by atoms with Gasteiger partial charge in [-0.1, -0.05) is 0 Å². The first-order valence-corrected chi connectivity index (χ1v) is 7.83. The predicted octanol–water partition coefficient (Wildman–Crippen LogP) is 2.69. The number of rotatable bonds is 5. The Morgan fingerprint density at radius 1 is 1.20 bits per heavy atom. The molecule has 0 saturated heterocycles. The molecule has 0 spiro atoms. The molecule has 1 aromatic heterocycles. The van der Waals surface area contributed by atoms with E-state index >= 15 is 0 Å². The second-order valence-corrected chi connectivity index (χ2v) is 5.96. The SMILES string of the molecule is O=C(COC(=O)Cc1coc2cc3c(cc12)CCC3)NCC(F)(F)F. The molecule has 3 rings (SSSR count). The predicted molar refractivity (Wildman–Crippen MR) is 82.0 cm³/mol. The Balaban J connectivity index is 1.56. The number of esters is 1. The van der Waals surface area contributed by atoms with Crippen LogP contribution in [0.2, 0.25) is 0 Å². The quantitative estimate of drug-likeness (QED) is 0.838. The lowest BCUT2D eigenvalue weighted by Crippen LogP contribution is -2.36. The van der Waals surface area contributed by atoms with E-state index in [1.165, 1.54) is 17.4 Å². The van der Waals surface area contributed by atoms with Crippen LogP contribution in [0.3, 0.4) is 0 Å². The van der Waals surface area contributed by atoms with Crippen molar-refractivity contribution in [3.05, 3.63) is 35.1 Å². The van der Waals surface area contributed by atoms with Crippen LogP contribution in [-0.2, 0) is 33.6 Å². The van der Waals surface area contributed by atoms with E-state index in [9.17, 15) is 22.8 Å². The Morgan fingerprint density at radius 2 is 1.92 bits per heavy atom. The van der Waals surface area contributed by atoms with E-state index < -0.39 is 31.2 Å². The van der Waals surface area contributed by atoms with E-state index in [2.05, 4.69) is 0 Å². The minimum absolute atomic E-state index is 0.113. The first kappa shape index (κ1) is 17.3. The van der Waals surface area contributed by atoms with Crippen molar-refractivity contribution in [1.29, 1.82) is 0 Å². The Labute approximate surface area is 141 Å². The molecule has 1 N–H and O–H groups in total. The number of halogens is 3. The summed E-state index contributed by atoms with van der Waals surface area (Å²) >= 11 is 0. The van der Waals surface area contributed by atoms with Gasteiger partial charge >= 0.3 is 12.1 Å². The van der Waals surface area contributed by atoms with E-state index in [-0.39, 0.29) is 6.42 Å². The molecule has 8 heteroatoms. The van der Waals surface area contributed by atoms with Gasteiger partial charge in [0.25, 0.3) is 5.91 Å². The topological polar surface area (TPSA) is 68.5 Å². The fourth-order valence-electron chi connectivity index (χ4n) is 2.89. The number of fused-ring (bicyclic) bond motifs is 2. The lowest BCUT2D eigenvalue weighted by Gasteiger charge is -2.08. The number of hydrogen-bond donors (Lipinski definition) is 1. The monoisotopic (exact) mass is 355 g/mol. The van der Waals surface area contributed by atoms with Crippen molar-refractivity contribution in [2.45, 2.75) is 31.9 Å². The number of carbonyl (C=O) groups excluding carboxylic acids is 2. The van der Waals surface area contributed by atoms with Crippen molar-refractivity contribution in [1.82, 2.24) is 5.32 Å². The van der Waals surface area contributed by atoms with Crippen molar-refractivity contribution in [3.8, 4) is 0 Å². The maximum absolute atomic E-state index is 12.0. The second-order valence-electron chi connectivity index (χ2n) is 5.96. The number of aryl methyl sites for hydroxylation is 2. The highest BCUT2D eigenvalue weighted by Gasteiger charge is 2.27. The maximum Gasteiger partial charge on any atom is 0.405 e. The molecular formula is C17H16F3NO4. The van der Waals surface area contributed by atoms with Gasteiger partial charge in [-0.15, -0.1) is 0 Å². The largest absolute Gasteiger partial charge is 0.464 e. The molecule has 1 aromatic carbocycles. The smallest absolute Gasteiger partial charge is 0.405 e. The van der Waals surface area contributed by atoms with Crippen LogP contribution < -0.4 is 5.32 Å². The van der Waals surface area contributed by atoms with Gasteiger partial charge in [0.15, 0.2) is 6.61 Å². The number of nitrogens with one attached hydrogen (secondary N) is 1. The molecule has 1 aliphatic carbocycles. The minimum Gasteiger partial charge on any atom is -0.464 e. The van der Waals surface area contributed by atoms with Crippen LogP contribution in [0.15, 0.2) is 22.8 Å². The molecule has 0 saturated carbocycles. The van der Waals surface area contributed by atoms with Gasteiger partial charge in [-0.3, -0.25) is 9.59 Å². The highest BCUT2D eigenvalue weighted by molar-refractivity contribution is 5.88. The third-order valence-corrected chi connectivity index (χ3v) is 4.05. The van der Waals surface area contributed by atoms with E-state index in [4.69, 9.17) is 9.15 Å². The normalized spacial score (nSPS) is 13.7. The van der Waals surface area contributed by atoms with E-state index in [1.54, 1.807) is 5.32 Å². The summed E-state index contributed by atoms with van der Waals surface area (Å²) in [5.74, 6) is -1.70. The molecule has 0 unspecified atom stereocenters. The van der Waals surface area contributed by atoms with Gasteiger partial charge in [-0.2, -0.15) is 13.2 Å². The van der Waals surface area contributed by atoms with Crippen LogP contribution in [0.1, 0.15) is 23.1 Å². The molecule has 0 radical (unpaired) electrons. The van der Waals surface area contributed by atoms with Gasteiger partial charge in [0.05, 0.1) is 12.7 Å². The van der Waals surface area contributed by atoms with Crippen molar-refractivity contribution < 1.29 is 31.9 Å². The van der Waals surface area contributed by atoms with Gasteiger partial charge in [0.2, 0.25) is 0 Å². The molecule has 5 nitrogen and oxygen atoms in total. The summed E-state index contributed by atoms with van der Waals surface area (Å²) in [4.78, 5) is 23.1. The zero-order chi connectivity index (χ0) is 18.0. The van der Waals surface area contributed by atoms with E-state index in [0.29, 0.717) is 11.1 Å². The summed E-state index contributed by atoms with van der Waals surface area (Å²) in [5.41, 5.74) is 3.80. The summed E-state index contributed by atoms with van der Waals surface area (Å²) in [6.45, 7) is -2.21. The van der Waals surface area contributed by atoms with Crippen LogP contribution in [0.25, 0.3) is 11.0 Å². The van der Waals surface area contributed by atoms with E-state index in [0.717, 1.165) is 24.6 Å². The van der Waals surface area contributed by atoms with Crippen LogP contribution in [0.5, 0.6) is 0 Å². The number of furan rings is 1. The lowest BCUT2D eigenvalue weighted by molar-refractivity contribution is -0.150. The van der Waals surface area contributed by atoms with Crippen molar-refractivity contribution >= 4 is 22.8 Å². The standard InChI is InChI=1S/C17H16F3NO4/c18-17(19,20)9-21-15(22)8-25-16(23)6-12-7-24-14-5-11-3-1-2-10(11)4-13(12)14/h4-5,7H,1-3,6,8-9H2,(H,21,22). The molecule has 0 aliphatic heterocycles. The molecule has 0 fully saturated rings. The van der Waals surface area contributed by atoms with Gasteiger partial charge in [0.1, 0.15) is 12.1 Å². The van der Waals surface area contributed by atoms with Crippen LogP contribution in [0.4, 0.5) is 13.2 Å². The molecule has 1 heterocycles. The molecule has 25 heavy (non-hydrogen) atoms. The average Bonchev–Trinajstić information content (AvgIpc) is 3.15. The summed E-state index contributed by atoms with van der Waals surface area (Å²) in [7, 11) is 0. The molecule has 1 amide bonds. The Kier molecular flexibility index (Phi) is 4.69. The fourth-order valence-corrected chi connectivity index (χ4v) is 2.89. The second kappa shape index (κ2) is 6.78. The Morgan fingerprint density at radius 3 is 2.64 bits per heavy atom. The van der Waals surface area contributed by atoms with Crippen molar-refractivity contribution in [2.75, 3.05) is 13.2 Å². The zero-order valence-electron chi connectivity index (χ0n) is 13.2. The van der Waals surface area contributed by atoms with Crippen molar-refractivity contribution in [2.24, 2.45) is 0 Å². The van der Waals surface area contributed by atoms with Crippen LogP contribution in [0, 0.1) is 0 Å². The molecule has 0 bridgehead atoms. The third-order valence-electron chi connectivity index (χ3n) is 4.05.